The lowest BCUT2D eigenvalue weighted by atomic mass is 10.0. The third-order valence-electron chi connectivity index (χ3n) is 3.67. The van der Waals surface area contributed by atoms with Gasteiger partial charge in [-0.25, -0.2) is 8.42 Å². The summed E-state index contributed by atoms with van der Waals surface area (Å²) in [5, 5.41) is 3.19. The standard InChI is InChI=1S/C12H25NO2S/c1-12(2,3)16(14,15)9-11(13-4)10-7-5-6-8-10/h10-11,13H,5-9H2,1-4H3. The number of sulfone groups is 1. The maximum Gasteiger partial charge on any atom is 0.156 e. The first-order valence-corrected chi connectivity index (χ1v) is 7.83. The highest BCUT2D eigenvalue weighted by Crippen LogP contribution is 2.29. The molecule has 0 aromatic carbocycles. The predicted molar refractivity (Wildman–Crippen MR) is 68.3 cm³/mol. The van der Waals surface area contributed by atoms with E-state index in [-0.39, 0.29) is 11.8 Å². The van der Waals surface area contributed by atoms with Crippen LogP contribution in [0, 0.1) is 5.92 Å². The maximum absolute atomic E-state index is 12.1. The molecular weight excluding hydrogens is 222 g/mol. The fraction of sp³-hybridized carbons (Fsp3) is 1.00. The van der Waals surface area contributed by atoms with Gasteiger partial charge in [0.2, 0.25) is 0 Å². The smallest absolute Gasteiger partial charge is 0.156 e. The fourth-order valence-electron chi connectivity index (χ4n) is 2.30. The van der Waals surface area contributed by atoms with Crippen molar-refractivity contribution in [3.63, 3.8) is 0 Å². The SMILES string of the molecule is CNC(CS(=O)(=O)C(C)(C)C)C1CCCC1. The molecule has 0 aromatic heterocycles. The Labute approximate surface area is 99.9 Å². The van der Waals surface area contributed by atoms with Crippen LogP contribution in [0.1, 0.15) is 46.5 Å². The number of hydrogen-bond donors (Lipinski definition) is 1. The Morgan fingerprint density at radius 2 is 1.75 bits per heavy atom. The summed E-state index contributed by atoms with van der Waals surface area (Å²) in [7, 11) is -1.13. The lowest BCUT2D eigenvalue weighted by Gasteiger charge is -2.27. The molecule has 1 aliphatic carbocycles. The average molecular weight is 247 g/mol. The molecule has 1 unspecified atom stereocenters. The Morgan fingerprint density at radius 1 is 1.25 bits per heavy atom. The molecule has 4 heteroatoms. The average Bonchev–Trinajstić information content (AvgIpc) is 2.65. The van der Waals surface area contributed by atoms with Crippen LogP contribution >= 0.6 is 0 Å². The second kappa shape index (κ2) is 5.05. The molecular formula is C12H25NO2S. The minimum absolute atomic E-state index is 0.131. The van der Waals surface area contributed by atoms with Crippen molar-refractivity contribution in [3.05, 3.63) is 0 Å². The summed E-state index contributed by atoms with van der Waals surface area (Å²) >= 11 is 0. The normalized spacial score (nSPS) is 21.2. The molecule has 0 amide bonds. The van der Waals surface area contributed by atoms with Crippen LogP contribution in [-0.2, 0) is 9.84 Å². The summed E-state index contributed by atoms with van der Waals surface area (Å²) < 4.78 is 23.6. The Hall–Kier alpha value is -0.0900. The van der Waals surface area contributed by atoms with Crippen LogP contribution in [0.25, 0.3) is 0 Å². The molecule has 0 aromatic rings. The predicted octanol–water partition coefficient (Wildman–Crippen LogP) is 1.98. The molecule has 0 heterocycles. The van der Waals surface area contributed by atoms with Crippen LogP contribution in [0.2, 0.25) is 0 Å². The first-order chi connectivity index (χ1) is 7.28. The van der Waals surface area contributed by atoms with Crippen LogP contribution in [0.4, 0.5) is 0 Å². The van der Waals surface area contributed by atoms with Gasteiger partial charge >= 0.3 is 0 Å². The second-order valence-corrected chi connectivity index (χ2v) is 8.62. The van der Waals surface area contributed by atoms with Gasteiger partial charge in [-0.1, -0.05) is 12.8 Å². The minimum Gasteiger partial charge on any atom is -0.316 e. The van der Waals surface area contributed by atoms with Gasteiger partial charge in [-0.2, -0.15) is 0 Å². The number of hydrogen-bond acceptors (Lipinski definition) is 3. The van der Waals surface area contributed by atoms with E-state index in [4.69, 9.17) is 0 Å². The van der Waals surface area contributed by atoms with Gasteiger partial charge in [-0.05, 0) is 46.6 Å². The second-order valence-electron chi connectivity index (χ2n) is 5.83. The lowest BCUT2D eigenvalue weighted by molar-refractivity contribution is 0.401. The molecule has 3 nitrogen and oxygen atoms in total. The first kappa shape index (κ1) is 14.0. The highest BCUT2D eigenvalue weighted by Gasteiger charge is 2.34. The zero-order valence-electron chi connectivity index (χ0n) is 10.9. The quantitative estimate of drug-likeness (QED) is 0.826. The van der Waals surface area contributed by atoms with E-state index in [1.165, 1.54) is 25.7 Å². The van der Waals surface area contributed by atoms with Gasteiger partial charge in [0.1, 0.15) is 0 Å². The van der Waals surface area contributed by atoms with Crippen molar-refractivity contribution < 1.29 is 8.42 Å². The molecule has 1 atom stereocenters. The summed E-state index contributed by atoms with van der Waals surface area (Å²) in [6.45, 7) is 5.34. The van der Waals surface area contributed by atoms with E-state index in [0.29, 0.717) is 5.92 Å². The monoisotopic (exact) mass is 247 g/mol. The zero-order valence-corrected chi connectivity index (χ0v) is 11.7. The van der Waals surface area contributed by atoms with Crippen LogP contribution < -0.4 is 5.32 Å². The molecule has 96 valence electrons. The molecule has 1 rings (SSSR count). The maximum atomic E-state index is 12.1. The highest BCUT2D eigenvalue weighted by atomic mass is 32.2. The summed E-state index contributed by atoms with van der Waals surface area (Å²) in [4.78, 5) is 0. The van der Waals surface area contributed by atoms with Crippen molar-refractivity contribution in [3.8, 4) is 0 Å². The van der Waals surface area contributed by atoms with Crippen molar-refractivity contribution >= 4 is 9.84 Å². The molecule has 0 radical (unpaired) electrons. The fourth-order valence-corrected chi connectivity index (χ4v) is 3.71. The van der Waals surface area contributed by atoms with E-state index in [2.05, 4.69) is 5.32 Å². The highest BCUT2D eigenvalue weighted by molar-refractivity contribution is 7.92. The van der Waals surface area contributed by atoms with Gasteiger partial charge < -0.3 is 5.32 Å². The van der Waals surface area contributed by atoms with Gasteiger partial charge in [0.05, 0.1) is 10.5 Å². The molecule has 0 aliphatic heterocycles. The largest absolute Gasteiger partial charge is 0.316 e. The lowest BCUT2D eigenvalue weighted by Crippen LogP contribution is -2.43. The third kappa shape index (κ3) is 3.20. The number of nitrogens with one attached hydrogen (secondary N) is 1. The summed E-state index contributed by atoms with van der Waals surface area (Å²) in [6, 6.07) is 0.131. The molecule has 16 heavy (non-hydrogen) atoms. The Balaban J connectivity index is 2.70. The van der Waals surface area contributed by atoms with Gasteiger partial charge in [-0.3, -0.25) is 0 Å². The van der Waals surface area contributed by atoms with Crippen molar-refractivity contribution in [2.75, 3.05) is 12.8 Å². The van der Waals surface area contributed by atoms with Crippen LogP contribution in [-0.4, -0.2) is 32.0 Å². The van der Waals surface area contributed by atoms with Crippen molar-refractivity contribution in [2.45, 2.75) is 57.2 Å². The molecule has 1 fully saturated rings. The molecule has 1 aliphatic rings. The molecule has 1 N–H and O–H groups in total. The summed E-state index contributed by atoms with van der Waals surface area (Å²) in [6.07, 6.45) is 4.84. The van der Waals surface area contributed by atoms with Crippen molar-refractivity contribution in [2.24, 2.45) is 5.92 Å². The van der Waals surface area contributed by atoms with E-state index in [1.54, 1.807) is 20.8 Å². The summed E-state index contributed by atoms with van der Waals surface area (Å²) in [5.74, 6) is 0.819. The molecule has 1 saturated carbocycles. The Morgan fingerprint density at radius 3 is 2.12 bits per heavy atom. The molecule has 0 saturated heterocycles. The van der Waals surface area contributed by atoms with Crippen LogP contribution in [0.15, 0.2) is 0 Å². The zero-order chi connectivity index (χ0) is 12.4. The van der Waals surface area contributed by atoms with E-state index >= 15 is 0 Å². The van der Waals surface area contributed by atoms with Crippen molar-refractivity contribution in [1.82, 2.24) is 5.32 Å². The van der Waals surface area contributed by atoms with E-state index in [9.17, 15) is 8.42 Å². The van der Waals surface area contributed by atoms with E-state index in [1.807, 2.05) is 7.05 Å². The van der Waals surface area contributed by atoms with Gasteiger partial charge in [0.25, 0.3) is 0 Å². The Bertz CT molecular complexity index is 310. The van der Waals surface area contributed by atoms with Crippen molar-refractivity contribution in [1.29, 1.82) is 0 Å². The number of rotatable bonds is 4. The van der Waals surface area contributed by atoms with Gasteiger partial charge in [0.15, 0.2) is 9.84 Å². The van der Waals surface area contributed by atoms with Gasteiger partial charge in [0, 0.05) is 6.04 Å². The van der Waals surface area contributed by atoms with Gasteiger partial charge in [-0.15, -0.1) is 0 Å². The minimum atomic E-state index is -3.01. The van der Waals surface area contributed by atoms with Crippen LogP contribution in [0.5, 0.6) is 0 Å². The summed E-state index contributed by atoms with van der Waals surface area (Å²) in [5.41, 5.74) is 0. The Kier molecular flexibility index (Phi) is 4.41. The van der Waals surface area contributed by atoms with Crippen LogP contribution in [0.3, 0.4) is 0 Å². The van der Waals surface area contributed by atoms with E-state index in [0.717, 1.165) is 0 Å². The third-order valence-corrected chi connectivity index (χ3v) is 6.34. The molecule has 0 spiro atoms. The molecule has 0 bridgehead atoms. The van der Waals surface area contributed by atoms with E-state index < -0.39 is 14.6 Å². The topological polar surface area (TPSA) is 46.2 Å². The first-order valence-electron chi connectivity index (χ1n) is 6.17.